The summed E-state index contributed by atoms with van der Waals surface area (Å²) in [6.45, 7) is 0. The number of aliphatic hydroxyl groups is 1. The van der Waals surface area contributed by atoms with E-state index in [1.54, 1.807) is 0 Å². The quantitative estimate of drug-likeness (QED) is 0.777. The van der Waals surface area contributed by atoms with Crippen molar-refractivity contribution in [1.29, 1.82) is 0 Å². The van der Waals surface area contributed by atoms with Crippen LogP contribution < -0.4 is 0 Å². The second-order valence-electron chi connectivity index (χ2n) is 4.86. The van der Waals surface area contributed by atoms with Crippen LogP contribution in [0.5, 0.6) is 0 Å². The van der Waals surface area contributed by atoms with Gasteiger partial charge in [-0.15, -0.1) is 0 Å². The van der Waals surface area contributed by atoms with Crippen LogP contribution in [0.15, 0.2) is 18.2 Å². The smallest absolute Gasteiger partial charge is 0.388 e. The SMILES string of the molecule is COC(CC(O)c1cc(C(F)(F)F)cc(C(F)(F)F)c1)C(F)(F)F. The van der Waals surface area contributed by atoms with Crippen molar-refractivity contribution >= 4 is 0 Å². The minimum atomic E-state index is -5.17. The van der Waals surface area contributed by atoms with Gasteiger partial charge in [0.1, 0.15) is 0 Å². The van der Waals surface area contributed by atoms with E-state index in [1.807, 2.05) is 0 Å². The summed E-state index contributed by atoms with van der Waals surface area (Å²) in [5, 5.41) is 9.65. The van der Waals surface area contributed by atoms with Gasteiger partial charge in [0.2, 0.25) is 0 Å². The Balaban J connectivity index is 3.27. The van der Waals surface area contributed by atoms with E-state index in [0.717, 1.165) is 0 Å². The van der Waals surface area contributed by atoms with E-state index in [-0.39, 0.29) is 18.2 Å². The molecular weight excluding hydrogens is 359 g/mol. The minimum absolute atomic E-state index is 0.170. The molecule has 0 fully saturated rings. The second kappa shape index (κ2) is 6.79. The topological polar surface area (TPSA) is 29.5 Å². The third kappa shape index (κ3) is 5.26. The molecule has 2 atom stereocenters. The van der Waals surface area contributed by atoms with Crippen LogP contribution >= 0.6 is 0 Å². The summed E-state index contributed by atoms with van der Waals surface area (Å²) in [5.74, 6) is 0. The van der Waals surface area contributed by atoms with E-state index in [1.165, 1.54) is 0 Å². The van der Waals surface area contributed by atoms with Crippen LogP contribution in [0.25, 0.3) is 0 Å². The average molecular weight is 370 g/mol. The molecule has 1 N–H and O–H groups in total. The Kier molecular flexibility index (Phi) is 5.81. The molecule has 0 aromatic heterocycles. The molecule has 1 aromatic rings. The van der Waals surface area contributed by atoms with E-state index in [2.05, 4.69) is 4.74 Å². The molecule has 0 saturated carbocycles. The summed E-state index contributed by atoms with van der Waals surface area (Å²) in [4.78, 5) is 0. The van der Waals surface area contributed by atoms with E-state index in [0.29, 0.717) is 7.11 Å². The monoisotopic (exact) mass is 370 g/mol. The molecule has 0 aliphatic carbocycles. The predicted octanol–water partition coefficient (Wildman–Crippen LogP) is 4.73. The first-order chi connectivity index (χ1) is 10.7. The molecule has 11 heteroatoms. The van der Waals surface area contributed by atoms with Gasteiger partial charge in [0.05, 0.1) is 17.2 Å². The predicted molar refractivity (Wildman–Crippen MR) is 62.9 cm³/mol. The molecule has 0 aliphatic rings. The third-order valence-electron chi connectivity index (χ3n) is 3.08. The largest absolute Gasteiger partial charge is 0.416 e. The Labute approximate surface area is 129 Å². The maximum atomic E-state index is 12.7. The van der Waals surface area contributed by atoms with Gasteiger partial charge < -0.3 is 9.84 Å². The summed E-state index contributed by atoms with van der Waals surface area (Å²) in [7, 11) is 0.651. The number of hydrogen-bond donors (Lipinski definition) is 1. The van der Waals surface area contributed by atoms with Gasteiger partial charge in [-0.2, -0.15) is 39.5 Å². The van der Waals surface area contributed by atoms with Crippen molar-refractivity contribution in [2.75, 3.05) is 7.11 Å². The Morgan fingerprint density at radius 2 is 1.29 bits per heavy atom. The molecule has 0 saturated heterocycles. The number of halogens is 9. The number of hydrogen-bond acceptors (Lipinski definition) is 2. The van der Waals surface area contributed by atoms with Gasteiger partial charge in [-0.05, 0) is 23.8 Å². The molecule has 0 amide bonds. The number of ether oxygens (including phenoxy) is 1. The maximum absolute atomic E-state index is 12.7. The maximum Gasteiger partial charge on any atom is 0.416 e. The van der Waals surface area contributed by atoms with Gasteiger partial charge in [0.15, 0.2) is 6.10 Å². The number of rotatable bonds is 4. The fourth-order valence-corrected chi connectivity index (χ4v) is 1.87. The molecule has 0 aliphatic heterocycles. The van der Waals surface area contributed by atoms with Gasteiger partial charge in [-0.1, -0.05) is 0 Å². The average Bonchev–Trinajstić information content (AvgIpc) is 2.40. The normalized spacial score (nSPS) is 16.1. The first kappa shape index (κ1) is 20.6. The van der Waals surface area contributed by atoms with Crippen LogP contribution in [-0.4, -0.2) is 24.5 Å². The molecule has 0 heterocycles. The lowest BCUT2D eigenvalue weighted by atomic mass is 9.97. The van der Waals surface area contributed by atoms with Gasteiger partial charge in [-0.25, -0.2) is 0 Å². The number of alkyl halides is 9. The fraction of sp³-hybridized carbons (Fsp3) is 0.538. The van der Waals surface area contributed by atoms with Gasteiger partial charge in [-0.3, -0.25) is 0 Å². The number of methoxy groups -OCH3 is 1. The first-order valence-electron chi connectivity index (χ1n) is 6.23. The van der Waals surface area contributed by atoms with E-state index >= 15 is 0 Å². The van der Waals surface area contributed by atoms with E-state index in [4.69, 9.17) is 0 Å². The number of benzene rings is 1. The van der Waals surface area contributed by atoms with Crippen LogP contribution in [0.4, 0.5) is 39.5 Å². The minimum Gasteiger partial charge on any atom is -0.388 e. The van der Waals surface area contributed by atoms with Crippen molar-refractivity contribution in [1.82, 2.24) is 0 Å². The zero-order valence-corrected chi connectivity index (χ0v) is 11.9. The highest BCUT2D eigenvalue weighted by Crippen LogP contribution is 2.39. The summed E-state index contributed by atoms with van der Waals surface area (Å²) >= 11 is 0. The Morgan fingerprint density at radius 3 is 1.58 bits per heavy atom. The molecule has 0 radical (unpaired) electrons. The van der Waals surface area contributed by atoms with E-state index in [9.17, 15) is 44.6 Å². The fourth-order valence-electron chi connectivity index (χ4n) is 1.87. The lowest BCUT2D eigenvalue weighted by molar-refractivity contribution is -0.220. The van der Waals surface area contributed by atoms with Crippen molar-refractivity contribution < 1.29 is 49.4 Å². The highest BCUT2D eigenvalue weighted by Gasteiger charge is 2.42. The van der Waals surface area contributed by atoms with Crippen molar-refractivity contribution in [3.8, 4) is 0 Å². The van der Waals surface area contributed by atoms with Crippen LogP contribution in [0.2, 0.25) is 0 Å². The zero-order chi connectivity index (χ0) is 18.9. The third-order valence-corrected chi connectivity index (χ3v) is 3.08. The van der Waals surface area contributed by atoms with Crippen molar-refractivity contribution in [3.63, 3.8) is 0 Å². The van der Waals surface area contributed by atoms with Gasteiger partial charge in [0, 0.05) is 13.5 Å². The van der Waals surface area contributed by atoms with Crippen LogP contribution in [0.1, 0.15) is 29.2 Å². The number of aliphatic hydroxyl groups excluding tert-OH is 1. The molecule has 1 aromatic carbocycles. The molecule has 24 heavy (non-hydrogen) atoms. The molecule has 0 spiro atoms. The summed E-state index contributed by atoms with van der Waals surface area (Å²) < 4.78 is 118. The van der Waals surface area contributed by atoms with Crippen molar-refractivity contribution in [2.45, 2.75) is 37.2 Å². The lowest BCUT2D eigenvalue weighted by Gasteiger charge is -2.23. The van der Waals surface area contributed by atoms with Gasteiger partial charge >= 0.3 is 18.5 Å². The highest BCUT2D eigenvalue weighted by molar-refractivity contribution is 5.34. The van der Waals surface area contributed by atoms with Crippen LogP contribution in [0, 0.1) is 0 Å². The zero-order valence-electron chi connectivity index (χ0n) is 11.9. The summed E-state index contributed by atoms with van der Waals surface area (Å²) in [6, 6.07) is 0.153. The Bertz CT molecular complexity index is 528. The molecule has 0 bridgehead atoms. The molecule has 2 unspecified atom stereocenters. The Hall–Kier alpha value is -1.49. The molecule has 1 rings (SSSR count). The highest BCUT2D eigenvalue weighted by atomic mass is 19.4. The molecule has 2 nitrogen and oxygen atoms in total. The first-order valence-corrected chi connectivity index (χ1v) is 6.23. The van der Waals surface area contributed by atoms with Gasteiger partial charge in [0.25, 0.3) is 0 Å². The lowest BCUT2D eigenvalue weighted by Crippen LogP contribution is -2.32. The molecular formula is C13H11F9O2. The Morgan fingerprint density at radius 1 is 0.875 bits per heavy atom. The van der Waals surface area contributed by atoms with Crippen molar-refractivity contribution in [2.24, 2.45) is 0 Å². The summed E-state index contributed by atoms with van der Waals surface area (Å²) in [6.07, 6.45) is -21.3. The summed E-state index contributed by atoms with van der Waals surface area (Å²) in [5.41, 5.74) is -4.40. The standard InChI is InChI=1S/C13H11F9O2/c1-24-10(13(20,21)22)5-9(23)6-2-7(11(14,15)16)4-8(3-6)12(17,18)19/h2-4,9-10,23H,5H2,1H3. The van der Waals surface area contributed by atoms with Crippen LogP contribution in [-0.2, 0) is 17.1 Å². The van der Waals surface area contributed by atoms with Crippen molar-refractivity contribution in [3.05, 3.63) is 34.9 Å². The molecule has 138 valence electrons. The van der Waals surface area contributed by atoms with Crippen LogP contribution in [0.3, 0.4) is 0 Å². The second-order valence-corrected chi connectivity index (χ2v) is 4.86. The van der Waals surface area contributed by atoms with E-state index < -0.39 is 53.8 Å².